The summed E-state index contributed by atoms with van der Waals surface area (Å²) in [6, 6.07) is 16.9. The van der Waals surface area contributed by atoms with Crippen molar-refractivity contribution >= 4 is 10.8 Å². The Morgan fingerprint density at radius 1 is 0.417 bits per heavy atom. The summed E-state index contributed by atoms with van der Waals surface area (Å²) in [5, 5.41) is 2.57. The highest BCUT2D eigenvalue weighted by Gasteiger charge is 1.98. The van der Waals surface area contributed by atoms with Gasteiger partial charge in [-0.05, 0) is 71.9 Å². The summed E-state index contributed by atoms with van der Waals surface area (Å²) in [7, 11) is 0. The van der Waals surface area contributed by atoms with Gasteiger partial charge in [-0.15, -0.1) is 0 Å². The first kappa shape index (κ1) is 28.2. The van der Waals surface area contributed by atoms with Gasteiger partial charge < -0.3 is 0 Å². The second-order valence-corrected chi connectivity index (χ2v) is 8.83. The Bertz CT molecular complexity index is 1120. The summed E-state index contributed by atoms with van der Waals surface area (Å²) in [6.07, 6.45) is 9.06. The molecule has 0 bridgehead atoms. The number of aryl methyl sites for hydroxylation is 8. The number of fused-ring (bicyclic) bond motifs is 1. The molecule has 0 aliphatic heterocycles. The van der Waals surface area contributed by atoms with Crippen molar-refractivity contribution in [2.24, 2.45) is 0 Å². The molecule has 5 heteroatoms. The van der Waals surface area contributed by atoms with Crippen molar-refractivity contribution in [3.05, 3.63) is 125 Å². The summed E-state index contributed by atoms with van der Waals surface area (Å²) in [5.74, 6) is 0.829. The predicted octanol–water partition coefficient (Wildman–Crippen LogP) is 7.34. The Hall–Kier alpha value is -3.99. The maximum atomic E-state index is 4.31. The quantitative estimate of drug-likeness (QED) is 0.232. The molecule has 3 heterocycles. The fraction of sp³-hybridized carbons (Fsp3) is 0.258. The van der Waals surface area contributed by atoms with Crippen LogP contribution in [0.25, 0.3) is 10.8 Å². The van der Waals surface area contributed by atoms with Crippen molar-refractivity contribution in [3.8, 4) is 0 Å². The van der Waals surface area contributed by atoms with E-state index < -0.39 is 0 Å². The highest BCUT2D eigenvalue weighted by Crippen LogP contribution is 2.18. The smallest absolute Gasteiger partial charge is 0.125 e. The molecule has 0 saturated carbocycles. The number of hydrogen-bond acceptors (Lipinski definition) is 5. The number of hydrogen-bond donors (Lipinski definition) is 0. The van der Waals surface area contributed by atoms with Gasteiger partial charge in [0.25, 0.3) is 0 Å². The fourth-order valence-electron chi connectivity index (χ4n) is 3.03. The lowest BCUT2D eigenvalue weighted by molar-refractivity contribution is 1.03. The van der Waals surface area contributed by atoms with Gasteiger partial charge in [0.15, 0.2) is 0 Å². The Balaban J connectivity index is 0.000000173. The van der Waals surface area contributed by atoms with Crippen LogP contribution in [0.3, 0.4) is 0 Å². The summed E-state index contributed by atoms with van der Waals surface area (Å²) in [6.45, 7) is 16.0. The number of benzene rings is 2. The van der Waals surface area contributed by atoms with Crippen molar-refractivity contribution in [2.75, 3.05) is 0 Å². The Morgan fingerprint density at radius 2 is 0.889 bits per heavy atom. The van der Waals surface area contributed by atoms with Crippen LogP contribution in [0.15, 0.2) is 79.5 Å². The second kappa shape index (κ2) is 14.4. The molecule has 5 aromatic rings. The zero-order valence-corrected chi connectivity index (χ0v) is 22.7. The number of nitrogens with zero attached hydrogens (tertiary/aromatic N) is 5. The predicted molar refractivity (Wildman–Crippen MR) is 150 cm³/mol. The van der Waals surface area contributed by atoms with Gasteiger partial charge in [0, 0.05) is 42.1 Å². The maximum Gasteiger partial charge on any atom is 0.125 e. The SMILES string of the molecule is Cc1ccc(C)cc1.Cc1cnc(C)c2ccccc12.Cc1cnc(C)cn1.Cc1cnc(C)nc1. The van der Waals surface area contributed by atoms with E-state index in [4.69, 9.17) is 0 Å². The van der Waals surface area contributed by atoms with Crippen molar-refractivity contribution in [2.45, 2.75) is 55.4 Å². The lowest BCUT2D eigenvalue weighted by Crippen LogP contribution is -1.86. The summed E-state index contributed by atoms with van der Waals surface area (Å²) >= 11 is 0. The van der Waals surface area contributed by atoms with Crippen molar-refractivity contribution in [3.63, 3.8) is 0 Å². The minimum atomic E-state index is 0.829. The van der Waals surface area contributed by atoms with Gasteiger partial charge in [0.1, 0.15) is 5.82 Å². The normalized spacial score (nSPS) is 9.67. The van der Waals surface area contributed by atoms with Crippen molar-refractivity contribution in [1.29, 1.82) is 0 Å². The van der Waals surface area contributed by atoms with Gasteiger partial charge in [0.2, 0.25) is 0 Å². The first-order valence-corrected chi connectivity index (χ1v) is 12.0. The minimum absolute atomic E-state index is 0.829. The monoisotopic (exact) mass is 479 g/mol. The first-order chi connectivity index (χ1) is 17.2. The van der Waals surface area contributed by atoms with Crippen LogP contribution in [-0.4, -0.2) is 24.9 Å². The second-order valence-electron chi connectivity index (χ2n) is 8.83. The Labute approximate surface area is 215 Å². The molecule has 0 unspecified atom stereocenters. The van der Waals surface area contributed by atoms with Gasteiger partial charge in [-0.2, -0.15) is 0 Å². The van der Waals surface area contributed by atoms with Gasteiger partial charge in [0.05, 0.1) is 11.4 Å². The summed E-state index contributed by atoms with van der Waals surface area (Å²) in [4.78, 5) is 20.3. The average molecular weight is 480 g/mol. The van der Waals surface area contributed by atoms with Crippen molar-refractivity contribution < 1.29 is 0 Å². The lowest BCUT2D eigenvalue weighted by atomic mass is 10.1. The Morgan fingerprint density at radius 3 is 1.31 bits per heavy atom. The third-order valence-corrected chi connectivity index (χ3v) is 5.23. The fourth-order valence-corrected chi connectivity index (χ4v) is 3.03. The van der Waals surface area contributed by atoms with Gasteiger partial charge in [-0.3, -0.25) is 15.0 Å². The Kier molecular flexibility index (Phi) is 11.3. The van der Waals surface area contributed by atoms with Crippen LogP contribution in [0.1, 0.15) is 45.2 Å². The zero-order chi connectivity index (χ0) is 26.5. The molecule has 0 spiro atoms. The molecule has 0 N–H and O–H groups in total. The van der Waals surface area contributed by atoms with E-state index in [1.165, 1.54) is 27.5 Å². The van der Waals surface area contributed by atoms with Crippen LogP contribution >= 0.6 is 0 Å². The standard InChI is InChI=1S/C11H11N.C8H10.2C6H8N2/c1-8-7-12-9(2)11-6-4-3-5-10(8)11;1-7-3-5-8(2)6-4-7;1-5-3-8-6(2)4-7-5;1-5-3-7-6(2)8-4-5/h3-7H,1-2H3;3-6H,1-2H3;2*3-4H,1-2H3. The largest absolute Gasteiger partial charge is 0.261 e. The van der Waals surface area contributed by atoms with E-state index in [2.05, 4.69) is 94.2 Å². The van der Waals surface area contributed by atoms with Crippen LogP contribution in [0, 0.1) is 55.4 Å². The highest BCUT2D eigenvalue weighted by molar-refractivity contribution is 5.86. The molecule has 0 amide bonds. The number of rotatable bonds is 0. The van der Waals surface area contributed by atoms with Crippen molar-refractivity contribution in [1.82, 2.24) is 24.9 Å². The lowest BCUT2D eigenvalue weighted by Gasteiger charge is -2.02. The van der Waals surface area contributed by atoms with Crippen LogP contribution in [0.4, 0.5) is 0 Å². The van der Waals surface area contributed by atoms with Crippen LogP contribution < -0.4 is 0 Å². The number of pyridine rings is 1. The van der Waals surface area contributed by atoms with E-state index >= 15 is 0 Å². The molecule has 186 valence electrons. The molecule has 3 aromatic heterocycles. The molecular weight excluding hydrogens is 442 g/mol. The molecule has 0 aliphatic rings. The van der Waals surface area contributed by atoms with Crippen LogP contribution in [-0.2, 0) is 0 Å². The molecule has 0 saturated heterocycles. The van der Waals surface area contributed by atoms with Gasteiger partial charge in [-0.1, -0.05) is 59.7 Å². The van der Waals surface area contributed by atoms with Crippen LogP contribution in [0.5, 0.6) is 0 Å². The molecule has 0 atom stereocenters. The molecule has 0 aliphatic carbocycles. The van der Waals surface area contributed by atoms with E-state index in [9.17, 15) is 0 Å². The zero-order valence-electron chi connectivity index (χ0n) is 22.7. The molecule has 5 nitrogen and oxygen atoms in total. The highest BCUT2D eigenvalue weighted by atomic mass is 14.8. The van der Waals surface area contributed by atoms with Gasteiger partial charge in [-0.25, -0.2) is 9.97 Å². The summed E-state index contributed by atoms with van der Waals surface area (Å²) < 4.78 is 0. The van der Waals surface area contributed by atoms with E-state index in [1.807, 2.05) is 53.2 Å². The molecule has 0 radical (unpaired) electrons. The van der Waals surface area contributed by atoms with E-state index in [1.54, 1.807) is 12.4 Å². The maximum absolute atomic E-state index is 4.31. The van der Waals surface area contributed by atoms with E-state index in [0.717, 1.165) is 28.5 Å². The van der Waals surface area contributed by atoms with E-state index in [0.29, 0.717) is 0 Å². The van der Waals surface area contributed by atoms with Crippen LogP contribution in [0.2, 0.25) is 0 Å². The third kappa shape index (κ3) is 10.1. The molecule has 5 rings (SSSR count). The van der Waals surface area contributed by atoms with E-state index in [-0.39, 0.29) is 0 Å². The molecule has 0 fully saturated rings. The minimum Gasteiger partial charge on any atom is -0.261 e. The molecular formula is C31H37N5. The molecule has 2 aromatic carbocycles. The van der Waals surface area contributed by atoms with Gasteiger partial charge >= 0.3 is 0 Å². The third-order valence-electron chi connectivity index (χ3n) is 5.23. The summed E-state index contributed by atoms with van der Waals surface area (Å²) in [5.41, 5.74) is 8.06. The molecule has 36 heavy (non-hydrogen) atoms. The topological polar surface area (TPSA) is 64.5 Å². The first-order valence-electron chi connectivity index (χ1n) is 12.0. The number of aromatic nitrogens is 5. The average Bonchev–Trinajstić information content (AvgIpc) is 2.88.